The smallest absolute Gasteiger partial charge is 0.222 e. The van der Waals surface area contributed by atoms with E-state index in [4.69, 9.17) is 0 Å². The number of rotatable bonds is 0. The summed E-state index contributed by atoms with van der Waals surface area (Å²) in [6.07, 6.45) is 10.3. The third-order valence-corrected chi connectivity index (χ3v) is 8.71. The van der Waals surface area contributed by atoms with Gasteiger partial charge in [-0.3, -0.25) is 4.79 Å². The molecule has 3 saturated carbocycles. The van der Waals surface area contributed by atoms with Gasteiger partial charge in [0.25, 0.3) is 0 Å². The summed E-state index contributed by atoms with van der Waals surface area (Å²) in [4.78, 5) is 14.3. The van der Waals surface area contributed by atoms with E-state index in [1.165, 1.54) is 38.5 Å². The van der Waals surface area contributed by atoms with Crippen LogP contribution in [0, 0.1) is 34.5 Å². The van der Waals surface area contributed by atoms with Crippen molar-refractivity contribution in [3.63, 3.8) is 0 Å². The summed E-state index contributed by atoms with van der Waals surface area (Å²) >= 11 is 0. The van der Waals surface area contributed by atoms with Crippen molar-refractivity contribution < 1.29 is 4.79 Å². The van der Waals surface area contributed by atoms with Gasteiger partial charge in [-0.1, -0.05) is 20.8 Å². The average Bonchev–Trinajstić information content (AvgIpc) is 2.79. The molecule has 3 aliphatic carbocycles. The maximum absolute atomic E-state index is 12.2. The molecular weight excluding hydrogens is 270 g/mol. The summed E-state index contributed by atoms with van der Waals surface area (Å²) in [5.41, 5.74) is 1.01. The van der Waals surface area contributed by atoms with Gasteiger partial charge in [0.1, 0.15) is 0 Å². The molecule has 0 aromatic rings. The van der Waals surface area contributed by atoms with Crippen LogP contribution in [0.1, 0.15) is 72.1 Å². The molecule has 0 spiro atoms. The number of carbonyl (C=O) groups is 1. The van der Waals surface area contributed by atoms with Crippen LogP contribution < -0.4 is 0 Å². The van der Waals surface area contributed by atoms with E-state index >= 15 is 0 Å². The molecule has 124 valence electrons. The lowest BCUT2D eigenvalue weighted by Crippen LogP contribution is -2.61. The number of fused-ring (bicyclic) bond motifs is 5. The number of hydrogen-bond donors (Lipinski definition) is 0. The Kier molecular flexibility index (Phi) is 3.24. The van der Waals surface area contributed by atoms with Crippen LogP contribution in [0.4, 0.5) is 0 Å². The van der Waals surface area contributed by atoms with Gasteiger partial charge >= 0.3 is 0 Å². The highest BCUT2D eigenvalue weighted by Crippen LogP contribution is 2.65. The Balaban J connectivity index is 1.67. The standard InChI is InChI=1S/C20H33NO/c1-13-7-10-19(2)11-8-15-14(18(13)19)5-6-16-20(15,3)12-9-17(22)21(16)4/h13-16,18H,5-12H2,1-4H3/t13-,14?,15?,16+,18?,19-,20+/m0/s1. The normalized spacial score (nSPS) is 54.6. The first-order valence-corrected chi connectivity index (χ1v) is 9.62. The minimum Gasteiger partial charge on any atom is -0.342 e. The zero-order valence-electron chi connectivity index (χ0n) is 14.9. The van der Waals surface area contributed by atoms with Crippen molar-refractivity contribution in [2.45, 2.75) is 78.2 Å². The van der Waals surface area contributed by atoms with E-state index in [1.807, 2.05) is 0 Å². The molecule has 4 aliphatic rings. The van der Waals surface area contributed by atoms with Gasteiger partial charge in [0.15, 0.2) is 0 Å². The maximum atomic E-state index is 12.2. The van der Waals surface area contributed by atoms with E-state index in [2.05, 4.69) is 32.7 Å². The number of hydrogen-bond acceptors (Lipinski definition) is 1. The first-order valence-electron chi connectivity index (χ1n) is 9.62. The number of amides is 1. The fourth-order valence-corrected chi connectivity index (χ4v) is 7.61. The fourth-order valence-electron chi connectivity index (χ4n) is 7.61. The van der Waals surface area contributed by atoms with Gasteiger partial charge in [0, 0.05) is 19.5 Å². The number of nitrogens with zero attached hydrogens (tertiary/aromatic N) is 1. The third kappa shape index (κ3) is 1.82. The monoisotopic (exact) mass is 303 g/mol. The molecule has 4 fully saturated rings. The minimum absolute atomic E-state index is 0.384. The van der Waals surface area contributed by atoms with Crippen LogP contribution in [0.2, 0.25) is 0 Å². The highest BCUT2D eigenvalue weighted by molar-refractivity contribution is 5.77. The summed E-state index contributed by atoms with van der Waals surface area (Å²) in [7, 11) is 2.07. The Morgan fingerprint density at radius 1 is 1.05 bits per heavy atom. The van der Waals surface area contributed by atoms with E-state index in [9.17, 15) is 4.79 Å². The Morgan fingerprint density at radius 3 is 2.55 bits per heavy atom. The van der Waals surface area contributed by atoms with E-state index in [0.717, 1.165) is 36.5 Å². The highest BCUT2D eigenvalue weighted by atomic mass is 16.2. The van der Waals surface area contributed by atoms with Gasteiger partial charge in [-0.05, 0) is 79.4 Å². The predicted molar refractivity (Wildman–Crippen MR) is 89.3 cm³/mol. The molecule has 1 heterocycles. The average molecular weight is 303 g/mol. The van der Waals surface area contributed by atoms with Crippen LogP contribution in [0.15, 0.2) is 0 Å². The van der Waals surface area contributed by atoms with Crippen LogP contribution in [-0.2, 0) is 4.79 Å². The topological polar surface area (TPSA) is 20.3 Å². The second-order valence-corrected chi connectivity index (χ2v) is 9.61. The van der Waals surface area contributed by atoms with Crippen molar-refractivity contribution in [1.82, 2.24) is 4.90 Å². The van der Waals surface area contributed by atoms with Gasteiger partial charge in [0.2, 0.25) is 5.91 Å². The van der Waals surface area contributed by atoms with Crippen molar-refractivity contribution in [3.05, 3.63) is 0 Å². The Labute approximate surface area is 136 Å². The van der Waals surface area contributed by atoms with Gasteiger partial charge in [-0.15, -0.1) is 0 Å². The summed E-state index contributed by atoms with van der Waals surface area (Å²) < 4.78 is 0. The number of piperidine rings is 1. The molecular formula is C20H33NO. The van der Waals surface area contributed by atoms with Gasteiger partial charge in [0.05, 0.1) is 0 Å². The maximum Gasteiger partial charge on any atom is 0.222 e. The predicted octanol–water partition coefficient (Wildman–Crippen LogP) is 4.49. The zero-order chi connectivity index (χ0) is 15.7. The summed E-state index contributed by atoms with van der Waals surface area (Å²) in [6.45, 7) is 7.63. The van der Waals surface area contributed by atoms with E-state index in [-0.39, 0.29) is 0 Å². The molecule has 1 amide bonds. The molecule has 0 N–H and O–H groups in total. The molecule has 0 aromatic heterocycles. The van der Waals surface area contributed by atoms with E-state index in [1.54, 1.807) is 0 Å². The summed E-state index contributed by atoms with van der Waals surface area (Å²) in [6, 6.07) is 0.510. The van der Waals surface area contributed by atoms with Gasteiger partial charge in [-0.25, -0.2) is 0 Å². The second-order valence-electron chi connectivity index (χ2n) is 9.61. The minimum atomic E-state index is 0.384. The molecule has 7 atom stereocenters. The summed E-state index contributed by atoms with van der Waals surface area (Å²) in [5.74, 6) is 4.04. The molecule has 0 radical (unpaired) electrons. The second kappa shape index (κ2) is 4.74. The lowest BCUT2D eigenvalue weighted by molar-refractivity contribution is -0.158. The molecule has 3 unspecified atom stereocenters. The van der Waals surface area contributed by atoms with Crippen LogP contribution in [0.3, 0.4) is 0 Å². The molecule has 2 heteroatoms. The van der Waals surface area contributed by atoms with Crippen LogP contribution >= 0.6 is 0 Å². The van der Waals surface area contributed by atoms with Gasteiger partial charge in [-0.2, -0.15) is 0 Å². The van der Waals surface area contributed by atoms with Crippen molar-refractivity contribution in [1.29, 1.82) is 0 Å². The molecule has 1 aliphatic heterocycles. The molecule has 0 bridgehead atoms. The molecule has 1 saturated heterocycles. The quantitative estimate of drug-likeness (QED) is 0.646. The van der Waals surface area contributed by atoms with E-state index < -0.39 is 0 Å². The van der Waals surface area contributed by atoms with Crippen molar-refractivity contribution >= 4 is 5.91 Å². The van der Waals surface area contributed by atoms with Crippen molar-refractivity contribution in [2.75, 3.05) is 7.05 Å². The molecule has 0 aromatic carbocycles. The van der Waals surface area contributed by atoms with Crippen molar-refractivity contribution in [3.8, 4) is 0 Å². The van der Waals surface area contributed by atoms with Crippen LogP contribution in [0.25, 0.3) is 0 Å². The largest absolute Gasteiger partial charge is 0.342 e. The Morgan fingerprint density at radius 2 is 1.77 bits per heavy atom. The van der Waals surface area contributed by atoms with E-state index in [0.29, 0.717) is 22.8 Å². The SMILES string of the molecule is C[C@H]1CC[C@@]2(C)CCC3C(CC[C@H]4N(C)C(=O)CC[C@]34C)C12. The highest BCUT2D eigenvalue weighted by Gasteiger charge is 2.60. The lowest BCUT2D eigenvalue weighted by atomic mass is 9.47. The molecule has 22 heavy (non-hydrogen) atoms. The fraction of sp³-hybridized carbons (Fsp3) is 0.950. The summed E-state index contributed by atoms with van der Waals surface area (Å²) in [5, 5.41) is 0. The molecule has 2 nitrogen and oxygen atoms in total. The van der Waals surface area contributed by atoms with Crippen LogP contribution in [0.5, 0.6) is 0 Å². The number of likely N-dealkylation sites (tertiary alicyclic amines) is 1. The first kappa shape index (κ1) is 15.0. The van der Waals surface area contributed by atoms with Crippen LogP contribution in [-0.4, -0.2) is 23.9 Å². The molecule has 4 rings (SSSR count). The first-order chi connectivity index (χ1) is 10.4. The lowest BCUT2D eigenvalue weighted by Gasteiger charge is -2.61. The zero-order valence-corrected chi connectivity index (χ0v) is 14.9. The van der Waals surface area contributed by atoms with Crippen molar-refractivity contribution in [2.24, 2.45) is 34.5 Å². The third-order valence-electron chi connectivity index (χ3n) is 8.71. The van der Waals surface area contributed by atoms with Gasteiger partial charge < -0.3 is 4.90 Å². The Bertz CT molecular complexity index is 488. The number of carbonyl (C=O) groups excluding carboxylic acids is 1. The Hall–Kier alpha value is -0.530.